The molecule has 0 fully saturated rings. The molecule has 0 saturated heterocycles. The fraction of sp³-hybridized carbons (Fsp3) is 0.231. The zero-order valence-corrected chi connectivity index (χ0v) is 20.2. The van der Waals surface area contributed by atoms with Crippen molar-refractivity contribution < 1.29 is 28.5 Å². The summed E-state index contributed by atoms with van der Waals surface area (Å²) in [5, 5.41) is 1.17. The summed E-state index contributed by atoms with van der Waals surface area (Å²) in [6.07, 6.45) is -1.53. The van der Waals surface area contributed by atoms with Crippen LogP contribution in [-0.4, -0.2) is 24.1 Å². The van der Waals surface area contributed by atoms with Gasteiger partial charge in [-0.25, -0.2) is 9.59 Å². The van der Waals surface area contributed by atoms with Crippen molar-refractivity contribution in [3.63, 3.8) is 0 Å². The third-order valence-electron chi connectivity index (χ3n) is 4.70. The number of halogens is 2. The maximum absolute atomic E-state index is 12.2. The lowest BCUT2D eigenvalue weighted by Gasteiger charge is -2.15. The lowest BCUT2D eigenvalue weighted by atomic mass is 10.1. The van der Waals surface area contributed by atoms with Crippen LogP contribution in [0.4, 0.5) is 0 Å². The molecule has 0 aliphatic rings. The molecule has 3 aromatic rings. The molecule has 0 saturated carbocycles. The van der Waals surface area contributed by atoms with Gasteiger partial charge in [0.2, 0.25) is 0 Å². The van der Waals surface area contributed by atoms with E-state index >= 15 is 0 Å². The molecule has 34 heavy (non-hydrogen) atoms. The van der Waals surface area contributed by atoms with Crippen molar-refractivity contribution in [1.29, 1.82) is 0 Å². The van der Waals surface area contributed by atoms with Crippen molar-refractivity contribution in [2.24, 2.45) is 0 Å². The fourth-order valence-corrected chi connectivity index (χ4v) is 3.06. The van der Waals surface area contributed by atoms with E-state index < -0.39 is 24.1 Å². The summed E-state index contributed by atoms with van der Waals surface area (Å²) in [6.45, 7) is 3.43. The second-order valence-corrected chi connectivity index (χ2v) is 8.33. The summed E-state index contributed by atoms with van der Waals surface area (Å²) in [5.41, 5.74) is 1.59. The van der Waals surface area contributed by atoms with Crippen LogP contribution in [0.3, 0.4) is 0 Å². The van der Waals surface area contributed by atoms with E-state index in [0.717, 1.165) is 11.1 Å². The third kappa shape index (κ3) is 7.97. The van der Waals surface area contributed by atoms with Gasteiger partial charge in [0.15, 0.2) is 12.2 Å². The van der Waals surface area contributed by atoms with Crippen LogP contribution in [0.15, 0.2) is 72.8 Å². The predicted octanol–water partition coefficient (Wildman–Crippen LogP) is 6.01. The van der Waals surface area contributed by atoms with Gasteiger partial charge in [0.25, 0.3) is 0 Å². The minimum Gasteiger partial charge on any atom is -0.479 e. The highest BCUT2D eigenvalue weighted by Crippen LogP contribution is 2.18. The molecular formula is C26H24Cl2O6. The number of carbonyl (C=O) groups excluding carboxylic acids is 2. The summed E-state index contributed by atoms with van der Waals surface area (Å²) in [5.74, 6) is 0.0894. The van der Waals surface area contributed by atoms with E-state index in [1.807, 2.05) is 0 Å². The zero-order chi connectivity index (χ0) is 24.5. The Balaban J connectivity index is 1.40. The van der Waals surface area contributed by atoms with Gasteiger partial charge in [-0.3, -0.25) is 0 Å². The summed E-state index contributed by atoms with van der Waals surface area (Å²) >= 11 is 11.7. The third-order valence-corrected chi connectivity index (χ3v) is 5.21. The monoisotopic (exact) mass is 502 g/mol. The van der Waals surface area contributed by atoms with Crippen molar-refractivity contribution in [3.05, 3.63) is 94.0 Å². The summed E-state index contributed by atoms with van der Waals surface area (Å²) in [6, 6.07) is 20.7. The number of benzene rings is 3. The highest BCUT2D eigenvalue weighted by Gasteiger charge is 2.18. The van der Waals surface area contributed by atoms with E-state index in [2.05, 4.69) is 0 Å². The van der Waals surface area contributed by atoms with Gasteiger partial charge in [0.1, 0.15) is 24.7 Å². The average molecular weight is 503 g/mol. The van der Waals surface area contributed by atoms with Crippen LogP contribution in [0.25, 0.3) is 0 Å². The smallest absolute Gasteiger partial charge is 0.347 e. The first kappa shape index (κ1) is 25.4. The molecule has 3 rings (SSSR count). The number of esters is 2. The van der Waals surface area contributed by atoms with Gasteiger partial charge in [0.05, 0.1) is 0 Å². The standard InChI is InChI=1S/C26H24Cl2O6/c1-17(33-23-11-7-21(27)8-12-23)25(29)31-15-19-3-5-20(6-4-19)16-32-26(30)18(2)34-24-13-9-22(28)10-14-24/h3-14,17-18H,15-16H2,1-2H3. The Bertz CT molecular complexity index is 993. The Morgan fingerprint density at radius 1 is 0.618 bits per heavy atom. The summed E-state index contributed by atoms with van der Waals surface area (Å²) in [7, 11) is 0. The lowest BCUT2D eigenvalue weighted by molar-refractivity contribution is -0.153. The highest BCUT2D eigenvalue weighted by atomic mass is 35.5. The van der Waals surface area contributed by atoms with Gasteiger partial charge in [-0.1, -0.05) is 47.5 Å². The van der Waals surface area contributed by atoms with Crippen molar-refractivity contribution in [2.45, 2.75) is 39.3 Å². The van der Waals surface area contributed by atoms with Gasteiger partial charge < -0.3 is 18.9 Å². The molecule has 0 radical (unpaired) electrons. The lowest BCUT2D eigenvalue weighted by Crippen LogP contribution is -2.26. The van der Waals surface area contributed by atoms with Crippen LogP contribution < -0.4 is 9.47 Å². The summed E-state index contributed by atoms with van der Waals surface area (Å²) in [4.78, 5) is 24.4. The zero-order valence-electron chi connectivity index (χ0n) is 18.7. The molecule has 178 valence electrons. The van der Waals surface area contributed by atoms with E-state index in [4.69, 9.17) is 42.1 Å². The second kappa shape index (κ2) is 12.3. The fourth-order valence-electron chi connectivity index (χ4n) is 2.81. The molecule has 0 heterocycles. The molecule has 0 aliphatic heterocycles. The Labute approximate surface area is 208 Å². The van der Waals surface area contributed by atoms with Crippen LogP contribution in [0.2, 0.25) is 10.0 Å². The van der Waals surface area contributed by atoms with Crippen molar-refractivity contribution in [1.82, 2.24) is 0 Å². The average Bonchev–Trinajstić information content (AvgIpc) is 2.84. The van der Waals surface area contributed by atoms with Crippen molar-refractivity contribution in [2.75, 3.05) is 0 Å². The number of hydrogen-bond donors (Lipinski definition) is 0. The second-order valence-electron chi connectivity index (χ2n) is 7.46. The highest BCUT2D eigenvalue weighted by molar-refractivity contribution is 6.30. The Hall–Kier alpha value is -3.22. The van der Waals surface area contributed by atoms with E-state index in [9.17, 15) is 9.59 Å². The first-order valence-corrected chi connectivity index (χ1v) is 11.3. The van der Waals surface area contributed by atoms with Gasteiger partial charge in [-0.2, -0.15) is 0 Å². The molecule has 0 aromatic heterocycles. The van der Waals surface area contributed by atoms with E-state index in [1.165, 1.54) is 0 Å². The Morgan fingerprint density at radius 3 is 1.26 bits per heavy atom. The molecule has 0 aliphatic carbocycles. The number of carbonyl (C=O) groups is 2. The van der Waals surface area contributed by atoms with Crippen LogP contribution >= 0.6 is 23.2 Å². The molecular weight excluding hydrogens is 479 g/mol. The molecule has 0 spiro atoms. The van der Waals surface area contributed by atoms with Crippen molar-refractivity contribution >= 4 is 35.1 Å². The molecule has 2 unspecified atom stereocenters. The SMILES string of the molecule is CC(Oc1ccc(Cl)cc1)C(=O)OCc1ccc(COC(=O)C(C)Oc2ccc(Cl)cc2)cc1. The van der Waals surface area contributed by atoms with Gasteiger partial charge in [-0.05, 0) is 73.5 Å². The Morgan fingerprint density at radius 2 is 0.941 bits per heavy atom. The normalized spacial score (nSPS) is 12.4. The van der Waals surface area contributed by atoms with E-state index in [0.29, 0.717) is 21.5 Å². The topological polar surface area (TPSA) is 71.1 Å². The molecule has 3 aromatic carbocycles. The number of hydrogen-bond acceptors (Lipinski definition) is 6. The Kier molecular flexibility index (Phi) is 9.19. The van der Waals surface area contributed by atoms with Gasteiger partial charge in [0, 0.05) is 10.0 Å². The van der Waals surface area contributed by atoms with Crippen LogP contribution in [0, 0.1) is 0 Å². The minimum atomic E-state index is -0.767. The van der Waals surface area contributed by atoms with E-state index in [-0.39, 0.29) is 13.2 Å². The molecule has 0 N–H and O–H groups in total. The number of rotatable bonds is 10. The molecule has 0 amide bonds. The molecule has 8 heteroatoms. The number of ether oxygens (including phenoxy) is 4. The van der Waals surface area contributed by atoms with E-state index in [1.54, 1.807) is 86.6 Å². The molecule has 0 bridgehead atoms. The summed E-state index contributed by atoms with van der Waals surface area (Å²) < 4.78 is 21.8. The maximum atomic E-state index is 12.2. The molecule has 2 atom stereocenters. The van der Waals surface area contributed by atoms with Crippen molar-refractivity contribution in [3.8, 4) is 11.5 Å². The quantitative estimate of drug-likeness (QED) is 0.316. The molecule has 6 nitrogen and oxygen atoms in total. The van der Waals surface area contributed by atoms with Gasteiger partial charge in [-0.15, -0.1) is 0 Å². The van der Waals surface area contributed by atoms with Gasteiger partial charge >= 0.3 is 11.9 Å². The van der Waals surface area contributed by atoms with Crippen LogP contribution in [-0.2, 0) is 32.3 Å². The van der Waals surface area contributed by atoms with Crippen LogP contribution in [0.1, 0.15) is 25.0 Å². The minimum absolute atomic E-state index is 0.0964. The predicted molar refractivity (Wildman–Crippen MR) is 129 cm³/mol. The maximum Gasteiger partial charge on any atom is 0.347 e. The largest absolute Gasteiger partial charge is 0.479 e. The first-order valence-electron chi connectivity index (χ1n) is 10.6. The van der Waals surface area contributed by atoms with Crippen LogP contribution in [0.5, 0.6) is 11.5 Å². The first-order chi connectivity index (χ1) is 16.3.